The molecule has 0 aliphatic rings. The molecule has 0 rings (SSSR count). The van der Waals surface area contributed by atoms with Gasteiger partial charge in [-0.2, -0.15) is 0 Å². The quantitative estimate of drug-likeness (QED) is 0.602. The summed E-state index contributed by atoms with van der Waals surface area (Å²) in [4.78, 5) is 22.1. The molecule has 0 spiro atoms. The zero-order chi connectivity index (χ0) is 13.4. The molecule has 0 aliphatic carbocycles. The van der Waals surface area contributed by atoms with Gasteiger partial charge in [-0.1, -0.05) is 6.92 Å². The monoisotopic (exact) mass is 262 g/mol. The second-order valence-corrected chi connectivity index (χ2v) is 5.51. The fourth-order valence-electron chi connectivity index (χ4n) is 1.03. The molecule has 3 unspecified atom stereocenters. The zero-order valence-electron chi connectivity index (χ0n) is 10.6. The molecule has 0 aromatic carbocycles. The summed E-state index contributed by atoms with van der Waals surface area (Å²) in [6.07, 6.45) is 1.27. The molecule has 0 bridgehead atoms. The van der Waals surface area contributed by atoms with E-state index in [4.69, 9.17) is 10.8 Å². The van der Waals surface area contributed by atoms with E-state index in [1.165, 1.54) is 11.8 Å². The van der Waals surface area contributed by atoms with Gasteiger partial charge >= 0.3 is 5.97 Å². The predicted molar refractivity (Wildman–Crippen MR) is 70.0 cm³/mol. The highest BCUT2D eigenvalue weighted by Gasteiger charge is 2.16. The number of carboxylic acids is 1. The number of hydrogen-bond donors (Lipinski definition) is 3. The van der Waals surface area contributed by atoms with Gasteiger partial charge in [-0.05, 0) is 32.4 Å². The number of nitrogens with one attached hydrogen (secondary N) is 1. The van der Waals surface area contributed by atoms with Crippen molar-refractivity contribution in [3.8, 4) is 0 Å². The van der Waals surface area contributed by atoms with Gasteiger partial charge < -0.3 is 16.2 Å². The Hall–Kier alpha value is -0.750. The van der Waals surface area contributed by atoms with Crippen LogP contribution in [0.2, 0.25) is 0 Å². The first-order valence-corrected chi connectivity index (χ1v) is 6.83. The first-order valence-electron chi connectivity index (χ1n) is 5.78. The lowest BCUT2D eigenvalue weighted by Gasteiger charge is -2.16. The van der Waals surface area contributed by atoms with E-state index >= 15 is 0 Å². The highest BCUT2D eigenvalue weighted by atomic mass is 32.2. The van der Waals surface area contributed by atoms with Crippen LogP contribution in [0.3, 0.4) is 0 Å². The largest absolute Gasteiger partial charge is 0.480 e. The van der Waals surface area contributed by atoms with Gasteiger partial charge in [0, 0.05) is 6.04 Å². The molecule has 0 heterocycles. The van der Waals surface area contributed by atoms with Gasteiger partial charge in [0.2, 0.25) is 5.91 Å². The Bertz CT molecular complexity index is 261. The molecule has 0 aromatic heterocycles. The molecule has 0 radical (unpaired) electrons. The van der Waals surface area contributed by atoms with E-state index in [-0.39, 0.29) is 17.2 Å². The molecule has 0 saturated heterocycles. The summed E-state index contributed by atoms with van der Waals surface area (Å²) >= 11 is 1.43. The topological polar surface area (TPSA) is 92.4 Å². The normalized spacial score (nSPS) is 16.0. The highest BCUT2D eigenvalue weighted by Crippen LogP contribution is 2.13. The zero-order valence-corrected chi connectivity index (χ0v) is 11.4. The summed E-state index contributed by atoms with van der Waals surface area (Å²) < 4.78 is 0. The Morgan fingerprint density at radius 3 is 2.47 bits per heavy atom. The molecular weight excluding hydrogens is 240 g/mol. The molecule has 100 valence electrons. The second-order valence-electron chi connectivity index (χ2n) is 4.06. The fraction of sp³-hybridized carbons (Fsp3) is 0.818. The number of carboxylic acid groups (broad SMARTS) is 1. The minimum Gasteiger partial charge on any atom is -0.480 e. The minimum absolute atomic E-state index is 0.00625. The highest BCUT2D eigenvalue weighted by molar-refractivity contribution is 8.00. The van der Waals surface area contributed by atoms with Crippen LogP contribution in [-0.2, 0) is 9.59 Å². The van der Waals surface area contributed by atoms with Gasteiger partial charge in [-0.3, -0.25) is 9.59 Å². The van der Waals surface area contributed by atoms with E-state index in [1.54, 1.807) is 0 Å². The van der Waals surface area contributed by atoms with Crippen LogP contribution in [0, 0.1) is 0 Å². The number of nitrogens with two attached hydrogens (primary N) is 1. The van der Waals surface area contributed by atoms with Gasteiger partial charge in [0.05, 0.1) is 5.25 Å². The van der Waals surface area contributed by atoms with E-state index < -0.39 is 12.0 Å². The smallest absolute Gasteiger partial charge is 0.320 e. The molecule has 1 amide bonds. The van der Waals surface area contributed by atoms with Crippen molar-refractivity contribution in [1.29, 1.82) is 0 Å². The molecule has 4 N–H and O–H groups in total. The van der Waals surface area contributed by atoms with E-state index in [1.807, 2.05) is 20.8 Å². The maximum Gasteiger partial charge on any atom is 0.320 e. The van der Waals surface area contributed by atoms with E-state index in [9.17, 15) is 9.59 Å². The third-order valence-corrected chi connectivity index (χ3v) is 3.67. The van der Waals surface area contributed by atoms with Crippen molar-refractivity contribution in [1.82, 2.24) is 5.32 Å². The summed E-state index contributed by atoms with van der Waals surface area (Å²) in [5.41, 5.74) is 5.37. The number of thioether (sulfide) groups is 1. The third-order valence-electron chi connectivity index (χ3n) is 2.48. The van der Waals surface area contributed by atoms with Crippen LogP contribution in [0.15, 0.2) is 0 Å². The van der Waals surface area contributed by atoms with Crippen LogP contribution in [0.25, 0.3) is 0 Å². The molecule has 0 saturated carbocycles. The molecule has 5 nitrogen and oxygen atoms in total. The summed E-state index contributed by atoms with van der Waals surface area (Å²) in [6.45, 7) is 5.78. The molecule has 0 aliphatic heterocycles. The summed E-state index contributed by atoms with van der Waals surface area (Å²) in [5.74, 6) is -0.432. The van der Waals surface area contributed by atoms with Crippen LogP contribution in [0.1, 0.15) is 33.6 Å². The van der Waals surface area contributed by atoms with Gasteiger partial charge in [0.25, 0.3) is 0 Å². The lowest BCUT2D eigenvalue weighted by Crippen LogP contribution is -2.37. The predicted octanol–water partition coefficient (Wildman–Crippen LogP) is 0.825. The van der Waals surface area contributed by atoms with Gasteiger partial charge in [-0.15, -0.1) is 11.8 Å². The van der Waals surface area contributed by atoms with Crippen molar-refractivity contribution in [2.45, 2.75) is 50.9 Å². The molecule has 3 atom stereocenters. The average Bonchev–Trinajstić information content (AvgIpc) is 2.28. The lowest BCUT2D eigenvalue weighted by atomic mass is 10.2. The van der Waals surface area contributed by atoms with Crippen molar-refractivity contribution in [2.75, 3.05) is 5.75 Å². The first kappa shape index (κ1) is 16.2. The van der Waals surface area contributed by atoms with Crippen molar-refractivity contribution in [2.24, 2.45) is 5.73 Å². The van der Waals surface area contributed by atoms with Crippen molar-refractivity contribution in [3.63, 3.8) is 0 Å². The van der Waals surface area contributed by atoms with E-state index in [2.05, 4.69) is 5.32 Å². The summed E-state index contributed by atoms with van der Waals surface area (Å²) in [6, 6.07) is -0.667. The van der Waals surface area contributed by atoms with Crippen LogP contribution in [0.5, 0.6) is 0 Å². The maximum absolute atomic E-state index is 11.6. The number of amides is 1. The Morgan fingerprint density at radius 2 is 2.00 bits per heavy atom. The first-order chi connectivity index (χ1) is 7.88. The van der Waals surface area contributed by atoms with E-state index in [0.29, 0.717) is 12.2 Å². The fourth-order valence-corrected chi connectivity index (χ4v) is 2.00. The van der Waals surface area contributed by atoms with Gasteiger partial charge in [0.15, 0.2) is 0 Å². The van der Waals surface area contributed by atoms with Crippen molar-refractivity contribution >= 4 is 23.6 Å². The SMILES string of the molecule is CCC(C)NC(=O)C(C)SCCC(N)C(=O)O. The van der Waals surface area contributed by atoms with E-state index in [0.717, 1.165) is 6.42 Å². The Morgan fingerprint density at radius 1 is 1.41 bits per heavy atom. The van der Waals surface area contributed by atoms with Crippen molar-refractivity contribution in [3.05, 3.63) is 0 Å². The van der Waals surface area contributed by atoms with Gasteiger partial charge in [0.1, 0.15) is 6.04 Å². The number of carbonyl (C=O) groups excluding carboxylic acids is 1. The van der Waals surface area contributed by atoms with Crippen LogP contribution < -0.4 is 11.1 Å². The maximum atomic E-state index is 11.6. The minimum atomic E-state index is -0.998. The number of aliphatic carboxylic acids is 1. The third kappa shape index (κ3) is 7.23. The Labute approximate surface area is 107 Å². The lowest BCUT2D eigenvalue weighted by molar-refractivity contribution is -0.138. The number of carbonyl (C=O) groups is 2. The summed E-state index contributed by atoms with van der Waals surface area (Å²) in [5, 5.41) is 11.3. The summed E-state index contributed by atoms with van der Waals surface area (Å²) in [7, 11) is 0. The number of hydrogen-bond acceptors (Lipinski definition) is 4. The molecular formula is C11H22N2O3S. The van der Waals surface area contributed by atoms with Gasteiger partial charge in [-0.25, -0.2) is 0 Å². The average molecular weight is 262 g/mol. The molecule has 17 heavy (non-hydrogen) atoms. The standard InChI is InChI=1S/C11H22N2O3S/c1-4-7(2)13-10(14)8(3)17-6-5-9(12)11(15)16/h7-9H,4-6,12H2,1-3H3,(H,13,14)(H,15,16). The van der Waals surface area contributed by atoms with Crippen LogP contribution >= 0.6 is 11.8 Å². The molecule has 6 heteroatoms. The Kier molecular flexibility index (Phi) is 7.99. The molecule has 0 aromatic rings. The molecule has 0 fully saturated rings. The van der Waals surface area contributed by atoms with Crippen molar-refractivity contribution < 1.29 is 14.7 Å². The Balaban J connectivity index is 3.82. The van der Waals surface area contributed by atoms with Crippen LogP contribution in [0.4, 0.5) is 0 Å². The second kappa shape index (κ2) is 8.36. The van der Waals surface area contributed by atoms with Crippen LogP contribution in [-0.4, -0.2) is 40.1 Å². The number of rotatable bonds is 8.